The van der Waals surface area contributed by atoms with Gasteiger partial charge in [0.25, 0.3) is 0 Å². The third kappa shape index (κ3) is 2.62. The monoisotopic (exact) mass is 330 g/mol. The lowest BCUT2D eigenvalue weighted by Crippen LogP contribution is -2.44. The van der Waals surface area contributed by atoms with Crippen LogP contribution in [0.15, 0.2) is 24.3 Å². The molecule has 2 atom stereocenters. The number of hydrogen-bond acceptors (Lipinski definition) is 1. The van der Waals surface area contributed by atoms with E-state index >= 15 is 0 Å². The summed E-state index contributed by atoms with van der Waals surface area (Å²) in [7, 11) is 0. The highest BCUT2D eigenvalue weighted by molar-refractivity contribution is 14.1. The van der Waals surface area contributed by atoms with Crippen molar-refractivity contribution in [3.05, 3.63) is 24.3 Å². The van der Waals surface area contributed by atoms with E-state index in [0.29, 0.717) is 0 Å². The second-order valence-corrected chi connectivity index (χ2v) is 5.31. The number of halogens is 4. The lowest BCUT2D eigenvalue weighted by molar-refractivity contribution is -0.152. The SMILES string of the molecule is CC(=O)CC1C=CC=CC1(I)C(F)(F)F. The fourth-order valence-electron chi connectivity index (χ4n) is 1.49. The number of alkyl halides is 4. The maximum absolute atomic E-state index is 12.8. The standard InChI is InChI=1S/C10H10F3IO/c1-7(15)6-8-4-2-3-5-9(8,14)10(11,12)13/h2-5,8H,6H2,1H3. The minimum atomic E-state index is -4.34. The van der Waals surface area contributed by atoms with E-state index in [0.717, 1.165) is 6.08 Å². The molecule has 2 unspecified atom stereocenters. The third-order valence-corrected chi connectivity index (χ3v) is 4.05. The molecule has 1 rings (SSSR count). The first-order valence-corrected chi connectivity index (χ1v) is 5.46. The molecule has 84 valence electrons. The Hall–Kier alpha value is -0.330. The van der Waals surface area contributed by atoms with Crippen molar-refractivity contribution in [1.82, 2.24) is 0 Å². The number of allylic oxidation sites excluding steroid dienone is 4. The van der Waals surface area contributed by atoms with Crippen molar-refractivity contribution < 1.29 is 18.0 Å². The third-order valence-electron chi connectivity index (χ3n) is 2.27. The molecule has 0 fully saturated rings. The van der Waals surface area contributed by atoms with Crippen molar-refractivity contribution in [2.45, 2.75) is 22.9 Å². The van der Waals surface area contributed by atoms with E-state index in [1.54, 1.807) is 6.08 Å². The summed E-state index contributed by atoms with van der Waals surface area (Å²) in [6, 6.07) is 0. The molecule has 0 aromatic carbocycles. The topological polar surface area (TPSA) is 17.1 Å². The van der Waals surface area contributed by atoms with E-state index < -0.39 is 15.5 Å². The molecular weight excluding hydrogens is 320 g/mol. The Morgan fingerprint density at radius 1 is 1.47 bits per heavy atom. The first-order valence-electron chi connectivity index (χ1n) is 4.38. The van der Waals surface area contributed by atoms with E-state index in [1.165, 1.54) is 41.7 Å². The van der Waals surface area contributed by atoms with Crippen LogP contribution in [-0.4, -0.2) is 15.4 Å². The van der Waals surface area contributed by atoms with Crippen LogP contribution in [-0.2, 0) is 4.79 Å². The number of rotatable bonds is 2. The van der Waals surface area contributed by atoms with Gasteiger partial charge in [-0.25, -0.2) is 0 Å². The van der Waals surface area contributed by atoms with Gasteiger partial charge in [0.15, 0.2) is 0 Å². The average molecular weight is 330 g/mol. The smallest absolute Gasteiger partial charge is 0.300 e. The molecule has 1 nitrogen and oxygen atoms in total. The first kappa shape index (κ1) is 12.7. The highest BCUT2D eigenvalue weighted by Gasteiger charge is 2.55. The average Bonchev–Trinajstić information content (AvgIpc) is 2.06. The van der Waals surface area contributed by atoms with Gasteiger partial charge in [0.05, 0.1) is 0 Å². The molecule has 0 spiro atoms. The Morgan fingerprint density at radius 2 is 2.07 bits per heavy atom. The van der Waals surface area contributed by atoms with Crippen LogP contribution >= 0.6 is 22.6 Å². The van der Waals surface area contributed by atoms with Gasteiger partial charge in [-0.2, -0.15) is 13.2 Å². The van der Waals surface area contributed by atoms with Crippen LogP contribution in [0.4, 0.5) is 13.2 Å². The summed E-state index contributed by atoms with van der Waals surface area (Å²) in [5.74, 6) is -1.04. The summed E-state index contributed by atoms with van der Waals surface area (Å²) in [5, 5.41) is 0. The molecule has 0 aliphatic heterocycles. The van der Waals surface area contributed by atoms with Gasteiger partial charge < -0.3 is 4.79 Å². The molecule has 0 radical (unpaired) electrons. The normalized spacial score (nSPS) is 30.6. The predicted molar refractivity (Wildman–Crippen MR) is 59.9 cm³/mol. The van der Waals surface area contributed by atoms with E-state index in [9.17, 15) is 18.0 Å². The number of hydrogen-bond donors (Lipinski definition) is 0. The predicted octanol–water partition coefficient (Wildman–Crippen LogP) is 3.44. The minimum Gasteiger partial charge on any atom is -0.300 e. The van der Waals surface area contributed by atoms with Crippen molar-refractivity contribution >= 4 is 28.4 Å². The Bertz CT molecular complexity index is 319. The van der Waals surface area contributed by atoms with Crippen molar-refractivity contribution in [3.8, 4) is 0 Å². The zero-order chi connectivity index (χ0) is 11.7. The summed E-state index contributed by atoms with van der Waals surface area (Å²) in [4.78, 5) is 10.9. The molecule has 0 saturated heterocycles. The fourth-order valence-corrected chi connectivity index (χ4v) is 2.12. The zero-order valence-electron chi connectivity index (χ0n) is 8.01. The molecule has 0 aromatic rings. The van der Waals surface area contributed by atoms with Crippen molar-refractivity contribution in [2.24, 2.45) is 5.92 Å². The van der Waals surface area contributed by atoms with Crippen LogP contribution in [0.2, 0.25) is 0 Å². The second-order valence-electron chi connectivity index (χ2n) is 3.52. The summed E-state index contributed by atoms with van der Waals surface area (Å²) in [6.07, 6.45) is 1.06. The summed E-state index contributed by atoms with van der Waals surface area (Å²) >= 11 is 1.38. The van der Waals surface area contributed by atoms with Gasteiger partial charge in [-0.05, 0) is 6.92 Å². The van der Waals surface area contributed by atoms with Gasteiger partial charge in [-0.15, -0.1) is 0 Å². The lowest BCUT2D eigenvalue weighted by atomic mass is 9.84. The first-order chi connectivity index (χ1) is 6.77. The van der Waals surface area contributed by atoms with Crippen LogP contribution in [0.3, 0.4) is 0 Å². The second kappa shape index (κ2) is 4.27. The molecule has 15 heavy (non-hydrogen) atoms. The maximum Gasteiger partial charge on any atom is 0.407 e. The van der Waals surface area contributed by atoms with Crippen LogP contribution in [0, 0.1) is 5.92 Å². The number of ketones is 1. The van der Waals surface area contributed by atoms with E-state index in [2.05, 4.69) is 0 Å². The lowest BCUT2D eigenvalue weighted by Gasteiger charge is -2.34. The van der Waals surface area contributed by atoms with Gasteiger partial charge in [0, 0.05) is 12.3 Å². The summed E-state index contributed by atoms with van der Waals surface area (Å²) in [5.41, 5.74) is 0. The number of carbonyl (C=O) groups excluding carboxylic acids is 1. The van der Waals surface area contributed by atoms with E-state index in [4.69, 9.17) is 0 Å². The molecular formula is C10H10F3IO. The minimum absolute atomic E-state index is 0.0801. The largest absolute Gasteiger partial charge is 0.407 e. The van der Waals surface area contributed by atoms with Gasteiger partial charge >= 0.3 is 6.18 Å². The molecule has 0 bridgehead atoms. The van der Waals surface area contributed by atoms with Crippen LogP contribution in [0.25, 0.3) is 0 Å². The molecule has 1 aliphatic carbocycles. The van der Waals surface area contributed by atoms with Crippen molar-refractivity contribution in [1.29, 1.82) is 0 Å². The van der Waals surface area contributed by atoms with Crippen molar-refractivity contribution in [3.63, 3.8) is 0 Å². The quantitative estimate of drug-likeness (QED) is 0.560. The zero-order valence-corrected chi connectivity index (χ0v) is 10.2. The van der Waals surface area contributed by atoms with E-state index in [1.807, 2.05) is 0 Å². The molecule has 5 heteroatoms. The fraction of sp³-hybridized carbons (Fsp3) is 0.500. The van der Waals surface area contributed by atoms with Gasteiger partial charge in [0.1, 0.15) is 9.20 Å². The van der Waals surface area contributed by atoms with E-state index in [-0.39, 0.29) is 12.2 Å². The number of carbonyl (C=O) groups is 1. The van der Waals surface area contributed by atoms with Gasteiger partial charge in [-0.3, -0.25) is 0 Å². The Kier molecular flexibility index (Phi) is 3.63. The Balaban J connectivity index is 2.99. The highest BCUT2D eigenvalue weighted by Crippen LogP contribution is 2.48. The number of Topliss-reactive ketones (excluding diaryl/α,β-unsaturated/α-hetero) is 1. The molecule has 0 aromatic heterocycles. The van der Waals surface area contributed by atoms with Crippen LogP contribution in [0.1, 0.15) is 13.3 Å². The summed E-state index contributed by atoms with van der Waals surface area (Å²) in [6.45, 7) is 1.31. The summed E-state index contributed by atoms with van der Waals surface area (Å²) < 4.78 is 36.5. The molecule has 0 N–H and O–H groups in total. The molecule has 1 aliphatic rings. The van der Waals surface area contributed by atoms with Gasteiger partial charge in [0.2, 0.25) is 0 Å². The highest BCUT2D eigenvalue weighted by atomic mass is 127. The molecule has 0 amide bonds. The van der Waals surface area contributed by atoms with Gasteiger partial charge in [-0.1, -0.05) is 46.9 Å². The Labute approximate surface area is 99.6 Å². The molecule has 0 heterocycles. The van der Waals surface area contributed by atoms with Crippen LogP contribution < -0.4 is 0 Å². The van der Waals surface area contributed by atoms with Crippen molar-refractivity contribution in [2.75, 3.05) is 0 Å². The Morgan fingerprint density at radius 3 is 2.53 bits per heavy atom. The molecule has 0 saturated carbocycles. The van der Waals surface area contributed by atoms with Crippen LogP contribution in [0.5, 0.6) is 0 Å². The maximum atomic E-state index is 12.8.